The van der Waals surface area contributed by atoms with Crippen LogP contribution in [-0.4, -0.2) is 39.7 Å². The van der Waals surface area contributed by atoms with Crippen molar-refractivity contribution < 1.29 is 13.9 Å². The van der Waals surface area contributed by atoms with Crippen molar-refractivity contribution in [1.29, 1.82) is 5.26 Å². The number of anilines is 3. The number of hydrogen-bond acceptors (Lipinski definition) is 9. The van der Waals surface area contributed by atoms with E-state index in [0.29, 0.717) is 53.0 Å². The molecule has 39 heavy (non-hydrogen) atoms. The summed E-state index contributed by atoms with van der Waals surface area (Å²) in [6, 6.07) is 8.27. The molecule has 1 aromatic carbocycles. The minimum atomic E-state index is -0.583. The van der Waals surface area contributed by atoms with Gasteiger partial charge in [-0.2, -0.15) is 5.26 Å². The molecular formula is C27H28FN7O2S2. The molecule has 1 saturated heterocycles. The first-order valence-corrected chi connectivity index (χ1v) is 14.1. The fourth-order valence-corrected chi connectivity index (χ4v) is 5.96. The number of nitrogen functional groups attached to an aromatic ring is 1. The van der Waals surface area contributed by atoms with Gasteiger partial charge in [-0.3, -0.25) is 0 Å². The van der Waals surface area contributed by atoms with Crippen LogP contribution in [0.25, 0.3) is 4.85 Å². The molecule has 0 aliphatic carbocycles. The quantitative estimate of drug-likeness (QED) is 0.246. The van der Waals surface area contributed by atoms with Gasteiger partial charge in [0.05, 0.1) is 17.8 Å². The molecule has 2 aromatic heterocycles. The third kappa shape index (κ3) is 6.96. The van der Waals surface area contributed by atoms with Crippen molar-refractivity contribution in [3.8, 4) is 6.07 Å². The summed E-state index contributed by atoms with van der Waals surface area (Å²) in [6.45, 7) is 14.1. The van der Waals surface area contributed by atoms with Gasteiger partial charge < -0.3 is 20.7 Å². The third-order valence-electron chi connectivity index (χ3n) is 5.99. The smallest absolute Gasteiger partial charge is 0.410 e. The van der Waals surface area contributed by atoms with Crippen molar-refractivity contribution in [2.45, 2.75) is 55.9 Å². The molecule has 4 rings (SSSR count). The number of thiazole rings is 1. The summed E-state index contributed by atoms with van der Waals surface area (Å²) >= 11 is 2.75. The molecule has 0 radical (unpaired) electrons. The van der Waals surface area contributed by atoms with Crippen LogP contribution < -0.4 is 11.1 Å². The van der Waals surface area contributed by atoms with E-state index in [-0.39, 0.29) is 29.3 Å². The van der Waals surface area contributed by atoms with Gasteiger partial charge in [-0.15, -0.1) is 11.3 Å². The molecule has 9 nitrogen and oxygen atoms in total. The number of likely N-dealkylation sites (tertiary alicyclic amines) is 1. The van der Waals surface area contributed by atoms with Crippen molar-refractivity contribution in [3.63, 3.8) is 0 Å². The van der Waals surface area contributed by atoms with Crippen LogP contribution in [-0.2, 0) is 10.5 Å². The summed E-state index contributed by atoms with van der Waals surface area (Å²) in [4.78, 5) is 26.7. The molecule has 0 unspecified atom stereocenters. The molecule has 202 valence electrons. The van der Waals surface area contributed by atoms with Gasteiger partial charge in [-0.05, 0) is 69.4 Å². The largest absolute Gasteiger partial charge is 0.444 e. The number of nitrogens with one attached hydrogen (secondary N) is 1. The highest BCUT2D eigenvalue weighted by Crippen LogP contribution is 2.43. The van der Waals surface area contributed by atoms with Crippen molar-refractivity contribution in [3.05, 3.63) is 63.7 Å². The van der Waals surface area contributed by atoms with E-state index in [1.54, 1.807) is 17.0 Å². The summed E-state index contributed by atoms with van der Waals surface area (Å²) < 4.78 is 18.6. The number of pyridine rings is 1. The van der Waals surface area contributed by atoms with Crippen LogP contribution in [0.4, 0.5) is 31.5 Å². The van der Waals surface area contributed by atoms with Crippen LogP contribution >= 0.6 is 23.1 Å². The van der Waals surface area contributed by atoms with Gasteiger partial charge in [-0.1, -0.05) is 11.8 Å². The molecule has 1 aliphatic rings. The second kappa shape index (κ2) is 11.9. The van der Waals surface area contributed by atoms with Gasteiger partial charge in [0.25, 0.3) is 0 Å². The summed E-state index contributed by atoms with van der Waals surface area (Å²) in [7, 11) is 0. The van der Waals surface area contributed by atoms with E-state index in [9.17, 15) is 14.4 Å². The maximum Gasteiger partial charge on any atom is 0.410 e. The lowest BCUT2D eigenvalue weighted by Gasteiger charge is -2.34. The predicted octanol–water partition coefficient (Wildman–Crippen LogP) is 6.83. The highest BCUT2D eigenvalue weighted by molar-refractivity contribution is 7.98. The summed E-state index contributed by atoms with van der Waals surface area (Å²) in [5.41, 5.74) is 8.26. The first-order chi connectivity index (χ1) is 18.6. The van der Waals surface area contributed by atoms with E-state index in [2.05, 4.69) is 26.2 Å². The molecule has 1 aliphatic heterocycles. The number of carbonyl (C=O) groups is 1. The number of nitrogens with two attached hydrogens (primary N) is 1. The lowest BCUT2D eigenvalue weighted by atomic mass is 9.86. The Bertz CT molecular complexity index is 1430. The molecule has 1 fully saturated rings. The zero-order valence-electron chi connectivity index (χ0n) is 21.8. The first-order valence-electron chi connectivity index (χ1n) is 12.3. The standard InChI is InChI=1S/C27H28FN7O2S2/c1-27(2,3)37-26(36)35-11-9-16(10-12-35)21-20(13-29)24(34-23(30)22(21)31-4)38-14-19-15-39-25(33-19)32-18-7-5-17(28)6-8-18/h5-8,15-16H,9-12,14H2,1-3H3,(H2,30,34)(H,32,33). The molecule has 0 spiro atoms. The number of nitriles is 1. The molecule has 0 bridgehead atoms. The summed E-state index contributed by atoms with van der Waals surface area (Å²) in [6.07, 6.45) is 0.789. The highest BCUT2D eigenvalue weighted by Gasteiger charge is 2.32. The molecule has 12 heteroatoms. The van der Waals surface area contributed by atoms with Crippen LogP contribution in [0.1, 0.15) is 56.4 Å². The monoisotopic (exact) mass is 565 g/mol. The van der Waals surface area contributed by atoms with Crippen LogP contribution in [0.3, 0.4) is 0 Å². The number of piperidine rings is 1. The number of benzene rings is 1. The molecule has 3 N–H and O–H groups in total. The van der Waals surface area contributed by atoms with Crippen LogP contribution in [0.5, 0.6) is 0 Å². The lowest BCUT2D eigenvalue weighted by Crippen LogP contribution is -2.41. The average molecular weight is 566 g/mol. The van der Waals surface area contributed by atoms with Crippen molar-refractivity contribution in [1.82, 2.24) is 14.9 Å². The van der Waals surface area contributed by atoms with E-state index in [0.717, 1.165) is 11.4 Å². The Morgan fingerprint density at radius 3 is 2.64 bits per heavy atom. The summed E-state index contributed by atoms with van der Waals surface area (Å²) in [5.74, 6) is 0.108. The van der Waals surface area contributed by atoms with Crippen molar-refractivity contribution in [2.24, 2.45) is 0 Å². The van der Waals surface area contributed by atoms with Gasteiger partial charge in [-0.25, -0.2) is 24.0 Å². The number of ether oxygens (including phenoxy) is 1. The van der Waals surface area contributed by atoms with Crippen molar-refractivity contribution in [2.75, 3.05) is 24.1 Å². The number of nitrogens with zero attached hydrogens (tertiary/aromatic N) is 5. The van der Waals surface area contributed by atoms with Gasteiger partial charge in [0.15, 0.2) is 5.13 Å². The first kappa shape index (κ1) is 28.1. The number of amides is 1. The summed E-state index contributed by atoms with van der Waals surface area (Å²) in [5, 5.41) is 16.3. The number of hydrogen-bond donors (Lipinski definition) is 2. The van der Waals surface area contributed by atoms with Gasteiger partial charge in [0, 0.05) is 29.9 Å². The Balaban J connectivity index is 1.49. The normalized spacial score (nSPS) is 13.9. The van der Waals surface area contributed by atoms with E-state index in [4.69, 9.17) is 17.0 Å². The highest BCUT2D eigenvalue weighted by atomic mass is 32.2. The Hall–Kier alpha value is -3.87. The second-order valence-corrected chi connectivity index (χ2v) is 11.8. The molecule has 0 atom stereocenters. The molecule has 3 heterocycles. The maximum absolute atomic E-state index is 13.2. The van der Waals surface area contributed by atoms with Crippen LogP contribution in [0.2, 0.25) is 0 Å². The van der Waals surface area contributed by atoms with Crippen LogP contribution in [0.15, 0.2) is 34.7 Å². The minimum Gasteiger partial charge on any atom is -0.444 e. The maximum atomic E-state index is 13.2. The van der Waals surface area contributed by atoms with Gasteiger partial charge in [0.1, 0.15) is 28.3 Å². The molecule has 1 amide bonds. The van der Waals surface area contributed by atoms with Crippen LogP contribution in [0, 0.1) is 23.7 Å². The van der Waals surface area contributed by atoms with Gasteiger partial charge in [0.2, 0.25) is 5.69 Å². The molecular weight excluding hydrogens is 537 g/mol. The minimum absolute atomic E-state index is 0.0908. The Morgan fingerprint density at radius 1 is 1.33 bits per heavy atom. The Morgan fingerprint density at radius 2 is 2.03 bits per heavy atom. The Labute approximate surface area is 235 Å². The molecule has 3 aromatic rings. The van der Waals surface area contributed by atoms with E-state index in [1.165, 1.54) is 35.2 Å². The van der Waals surface area contributed by atoms with E-state index >= 15 is 0 Å². The van der Waals surface area contributed by atoms with Crippen molar-refractivity contribution >= 4 is 51.5 Å². The Kier molecular flexibility index (Phi) is 8.58. The third-order valence-corrected chi connectivity index (χ3v) is 7.80. The fourth-order valence-electron chi connectivity index (χ4n) is 4.22. The zero-order valence-corrected chi connectivity index (χ0v) is 23.5. The molecule has 0 saturated carbocycles. The SMILES string of the molecule is [C-]#[N+]c1c(N)nc(SCc2csc(Nc3ccc(F)cc3)n2)c(C#N)c1C1CCN(C(=O)OC(C)(C)C)CC1. The average Bonchev–Trinajstić information content (AvgIpc) is 3.34. The van der Waals surface area contributed by atoms with Gasteiger partial charge >= 0.3 is 6.09 Å². The van der Waals surface area contributed by atoms with E-state index < -0.39 is 5.60 Å². The number of halogens is 1. The topological polar surface area (TPSA) is 122 Å². The number of aromatic nitrogens is 2. The second-order valence-electron chi connectivity index (χ2n) is 9.97. The number of carbonyl (C=O) groups excluding carboxylic acids is 1. The number of rotatable bonds is 6. The lowest BCUT2D eigenvalue weighted by molar-refractivity contribution is 0.0205. The van der Waals surface area contributed by atoms with E-state index in [1.807, 2.05) is 26.2 Å². The fraction of sp³-hybridized carbons (Fsp3) is 0.370. The zero-order chi connectivity index (χ0) is 28.2. The predicted molar refractivity (Wildman–Crippen MR) is 151 cm³/mol. The number of thioether (sulfide) groups is 1.